The highest BCUT2D eigenvalue weighted by Crippen LogP contribution is 2.38. The third kappa shape index (κ3) is 5.04. The van der Waals surface area contributed by atoms with Crippen LogP contribution in [0, 0.1) is 24.0 Å². The van der Waals surface area contributed by atoms with Crippen LogP contribution in [0.15, 0.2) is 54.6 Å². The maximum atomic E-state index is 12.9. The van der Waals surface area contributed by atoms with Crippen molar-refractivity contribution in [1.82, 2.24) is 20.2 Å². The summed E-state index contributed by atoms with van der Waals surface area (Å²) < 4.78 is 12.6. The minimum Gasteiger partial charge on any atom is -0.493 e. The second-order valence-corrected chi connectivity index (χ2v) is 7.87. The molecule has 0 radical (unpaired) electrons. The van der Waals surface area contributed by atoms with Crippen molar-refractivity contribution in [2.45, 2.75) is 13.8 Å². The van der Waals surface area contributed by atoms with E-state index in [1.165, 1.54) is 43.5 Å². The van der Waals surface area contributed by atoms with Crippen molar-refractivity contribution in [3.05, 3.63) is 86.7 Å². The first-order chi connectivity index (χ1) is 16.8. The van der Waals surface area contributed by atoms with Gasteiger partial charge >= 0.3 is 5.69 Å². The molecule has 0 atom stereocenters. The van der Waals surface area contributed by atoms with Crippen LogP contribution in [0.4, 0.5) is 11.4 Å². The van der Waals surface area contributed by atoms with Gasteiger partial charge in [-0.1, -0.05) is 17.7 Å². The molecule has 178 valence electrons. The highest BCUT2D eigenvalue weighted by molar-refractivity contribution is 6.30. The predicted octanol–water partition coefficient (Wildman–Crippen LogP) is 4.89. The molecule has 11 nitrogen and oxygen atoms in total. The van der Waals surface area contributed by atoms with Crippen molar-refractivity contribution in [3.8, 4) is 22.9 Å². The number of carbonyl (C=O) groups excluding carboxylic acids is 1. The summed E-state index contributed by atoms with van der Waals surface area (Å²) in [6.45, 7) is 3.69. The van der Waals surface area contributed by atoms with Gasteiger partial charge in [0.05, 0.1) is 17.7 Å². The molecule has 3 aromatic carbocycles. The number of aromatic nitrogens is 4. The van der Waals surface area contributed by atoms with E-state index in [2.05, 4.69) is 20.8 Å². The number of tetrazole rings is 1. The van der Waals surface area contributed by atoms with Crippen molar-refractivity contribution < 1.29 is 19.2 Å². The molecule has 4 aromatic rings. The Hall–Kier alpha value is -4.51. The van der Waals surface area contributed by atoms with Gasteiger partial charge in [0, 0.05) is 22.3 Å². The molecular weight excluding hydrogens is 476 g/mol. The average Bonchev–Trinajstić information content (AvgIpc) is 3.27. The zero-order chi connectivity index (χ0) is 25.1. The van der Waals surface area contributed by atoms with Gasteiger partial charge in [-0.15, -0.1) is 5.10 Å². The lowest BCUT2D eigenvalue weighted by Gasteiger charge is -2.13. The van der Waals surface area contributed by atoms with Crippen LogP contribution in [0.2, 0.25) is 5.02 Å². The van der Waals surface area contributed by atoms with E-state index in [0.717, 1.165) is 11.3 Å². The minimum atomic E-state index is -0.595. The molecule has 35 heavy (non-hydrogen) atoms. The normalized spacial score (nSPS) is 10.6. The van der Waals surface area contributed by atoms with E-state index in [0.29, 0.717) is 17.1 Å². The highest BCUT2D eigenvalue weighted by atomic mass is 35.5. The summed E-state index contributed by atoms with van der Waals surface area (Å²) in [5, 5.41) is 25.9. The van der Waals surface area contributed by atoms with Crippen molar-refractivity contribution in [2.24, 2.45) is 0 Å². The molecule has 0 aliphatic rings. The molecule has 4 rings (SSSR count). The fourth-order valence-corrected chi connectivity index (χ4v) is 3.47. The number of carbonyl (C=O) groups is 1. The van der Waals surface area contributed by atoms with Gasteiger partial charge in [-0.05, 0) is 72.3 Å². The molecule has 0 aliphatic heterocycles. The molecule has 0 aliphatic carbocycles. The Morgan fingerprint density at radius 2 is 1.83 bits per heavy atom. The highest BCUT2D eigenvalue weighted by Gasteiger charge is 2.19. The lowest BCUT2D eigenvalue weighted by molar-refractivity contribution is -0.385. The summed E-state index contributed by atoms with van der Waals surface area (Å²) in [6, 6.07) is 13.9. The van der Waals surface area contributed by atoms with E-state index in [4.69, 9.17) is 21.1 Å². The Bertz CT molecular complexity index is 1440. The van der Waals surface area contributed by atoms with Gasteiger partial charge in [-0.2, -0.15) is 4.68 Å². The van der Waals surface area contributed by atoms with Crippen molar-refractivity contribution in [1.29, 1.82) is 0 Å². The quantitative estimate of drug-likeness (QED) is 0.283. The lowest BCUT2D eigenvalue weighted by Crippen LogP contribution is -2.13. The van der Waals surface area contributed by atoms with E-state index in [1.54, 1.807) is 23.7 Å². The van der Waals surface area contributed by atoms with Gasteiger partial charge in [0.15, 0.2) is 17.3 Å². The second kappa shape index (κ2) is 9.77. The number of hydrogen-bond donors (Lipinski definition) is 1. The molecule has 0 spiro atoms. The van der Waals surface area contributed by atoms with Crippen molar-refractivity contribution in [3.63, 3.8) is 0 Å². The molecule has 1 amide bonds. The van der Waals surface area contributed by atoms with Gasteiger partial charge < -0.3 is 14.8 Å². The fourth-order valence-electron chi connectivity index (χ4n) is 3.30. The second-order valence-electron chi connectivity index (χ2n) is 7.43. The zero-order valence-electron chi connectivity index (χ0n) is 18.9. The summed E-state index contributed by atoms with van der Waals surface area (Å²) in [6.07, 6.45) is 0. The Kier molecular flexibility index (Phi) is 6.60. The Labute approximate surface area is 204 Å². The molecule has 1 N–H and O–H groups in total. The number of rotatable bonds is 7. The molecule has 0 unspecified atom stereocenters. The molecule has 0 fully saturated rings. The van der Waals surface area contributed by atoms with Crippen LogP contribution in [0.25, 0.3) is 5.69 Å². The Morgan fingerprint density at radius 3 is 2.51 bits per heavy atom. The number of nitrogens with zero attached hydrogens (tertiary/aromatic N) is 5. The smallest absolute Gasteiger partial charge is 0.313 e. The van der Waals surface area contributed by atoms with Crippen molar-refractivity contribution in [2.75, 3.05) is 12.4 Å². The largest absolute Gasteiger partial charge is 0.493 e. The van der Waals surface area contributed by atoms with E-state index in [1.807, 2.05) is 13.0 Å². The van der Waals surface area contributed by atoms with Crippen LogP contribution < -0.4 is 14.8 Å². The molecule has 1 heterocycles. The molecule has 12 heteroatoms. The van der Waals surface area contributed by atoms with E-state index in [-0.39, 0.29) is 28.0 Å². The maximum absolute atomic E-state index is 12.9. The third-order valence-electron chi connectivity index (χ3n) is 5.08. The van der Waals surface area contributed by atoms with Crippen LogP contribution in [0.1, 0.15) is 21.7 Å². The summed E-state index contributed by atoms with van der Waals surface area (Å²) in [5.41, 5.74) is 2.20. The zero-order valence-corrected chi connectivity index (χ0v) is 19.6. The monoisotopic (exact) mass is 494 g/mol. The maximum Gasteiger partial charge on any atom is 0.313 e. The number of benzene rings is 3. The van der Waals surface area contributed by atoms with Crippen LogP contribution in [0.3, 0.4) is 0 Å². The Balaban J connectivity index is 1.58. The fraction of sp³-hybridized carbons (Fsp3) is 0.130. The average molecular weight is 495 g/mol. The SMILES string of the molecule is COc1cc(C(=O)Nc2ccc(C)c(-n3nnnc3C)c2)ccc1Oc1ccc(Cl)cc1[N+](=O)[O-]. The van der Waals surface area contributed by atoms with Crippen LogP contribution in [-0.2, 0) is 0 Å². The topological polar surface area (TPSA) is 134 Å². The van der Waals surface area contributed by atoms with Gasteiger partial charge in [-0.3, -0.25) is 14.9 Å². The number of hydrogen-bond acceptors (Lipinski definition) is 8. The molecule has 0 bridgehead atoms. The number of anilines is 1. The predicted molar refractivity (Wildman–Crippen MR) is 128 cm³/mol. The van der Waals surface area contributed by atoms with Crippen molar-refractivity contribution >= 4 is 28.9 Å². The number of ether oxygens (including phenoxy) is 2. The van der Waals surface area contributed by atoms with E-state index in [9.17, 15) is 14.9 Å². The first kappa shape index (κ1) is 23.6. The number of nitro benzene ring substituents is 1. The van der Waals surface area contributed by atoms with Gasteiger partial charge in [-0.25, -0.2) is 0 Å². The summed E-state index contributed by atoms with van der Waals surface area (Å²) in [7, 11) is 1.40. The molecule has 1 aromatic heterocycles. The van der Waals surface area contributed by atoms with Crippen LogP contribution in [-0.4, -0.2) is 38.1 Å². The number of nitro groups is 1. The first-order valence-electron chi connectivity index (χ1n) is 10.2. The van der Waals surface area contributed by atoms with Gasteiger partial charge in [0.1, 0.15) is 0 Å². The summed E-state index contributed by atoms with van der Waals surface area (Å²) >= 11 is 5.86. The number of amides is 1. The number of nitrogens with one attached hydrogen (secondary N) is 1. The molecule has 0 saturated carbocycles. The first-order valence-corrected chi connectivity index (χ1v) is 10.6. The molecule has 0 saturated heterocycles. The number of halogens is 1. The van der Waals surface area contributed by atoms with Crippen LogP contribution in [0.5, 0.6) is 17.2 Å². The minimum absolute atomic E-state index is 0.0139. The van der Waals surface area contributed by atoms with Gasteiger partial charge in [0.2, 0.25) is 5.75 Å². The number of aryl methyl sites for hydroxylation is 2. The molecular formula is C23H19ClN6O5. The van der Waals surface area contributed by atoms with E-state index < -0.39 is 10.8 Å². The summed E-state index contributed by atoms with van der Waals surface area (Å²) in [4.78, 5) is 23.7. The lowest BCUT2D eigenvalue weighted by atomic mass is 10.1. The number of methoxy groups -OCH3 is 1. The summed E-state index contributed by atoms with van der Waals surface area (Å²) in [5.74, 6) is 0.616. The third-order valence-corrected chi connectivity index (χ3v) is 5.32. The van der Waals surface area contributed by atoms with E-state index >= 15 is 0 Å². The Morgan fingerprint density at radius 1 is 1.06 bits per heavy atom. The van der Waals surface area contributed by atoms with Gasteiger partial charge in [0.25, 0.3) is 5.91 Å². The van der Waals surface area contributed by atoms with Crippen LogP contribution >= 0.6 is 11.6 Å². The standard InChI is InChI=1S/C23H19ClN6O5/c1-13-4-7-17(12-18(13)29-14(2)26-27-28-29)25-23(31)15-5-8-21(22(10-15)34-3)35-20-9-6-16(24)11-19(20)30(32)33/h4-12H,1-3H3,(H,25,31).